The molecule has 1 heterocycles. The van der Waals surface area contributed by atoms with E-state index in [0.29, 0.717) is 19.4 Å². The highest BCUT2D eigenvalue weighted by Crippen LogP contribution is 2.24. The first kappa shape index (κ1) is 10.1. The summed E-state index contributed by atoms with van der Waals surface area (Å²) in [5, 5.41) is 0. The predicted molar refractivity (Wildman–Crippen MR) is 38.9 cm³/mol. The zero-order valence-corrected chi connectivity index (χ0v) is 6.86. The molecule has 0 unspecified atom stereocenters. The number of allylic oxidation sites excluding steroid dienone is 1. The van der Waals surface area contributed by atoms with Crippen molar-refractivity contribution in [2.45, 2.75) is 25.4 Å². The van der Waals surface area contributed by atoms with Crippen molar-refractivity contribution in [3.63, 3.8) is 0 Å². The fraction of sp³-hybridized carbons (Fsp3) is 0.625. The summed E-state index contributed by atoms with van der Waals surface area (Å²) in [6.45, 7) is 0.475. The van der Waals surface area contributed by atoms with E-state index >= 15 is 0 Å². The Hall–Kier alpha value is -1.00. The van der Waals surface area contributed by atoms with Crippen molar-refractivity contribution in [2.75, 3.05) is 6.61 Å². The predicted octanol–water partition coefficient (Wildman–Crippen LogP) is 2.20. The van der Waals surface area contributed by atoms with Crippen molar-refractivity contribution in [1.82, 2.24) is 0 Å². The Kier molecular flexibility index (Phi) is 2.95. The maximum Gasteiger partial charge on any atom is 0.396 e. The number of ketones is 1. The van der Waals surface area contributed by atoms with Crippen LogP contribution in [0.4, 0.5) is 13.2 Å². The first-order valence-corrected chi connectivity index (χ1v) is 3.89. The minimum Gasteiger partial charge on any atom is -0.501 e. The van der Waals surface area contributed by atoms with Gasteiger partial charge in [-0.25, -0.2) is 0 Å². The highest BCUT2D eigenvalue weighted by Gasteiger charge is 2.32. The quantitative estimate of drug-likeness (QED) is 0.673. The Morgan fingerprint density at radius 2 is 2.23 bits per heavy atom. The molecule has 0 N–H and O–H groups in total. The summed E-state index contributed by atoms with van der Waals surface area (Å²) in [4.78, 5) is 10.9. The molecule has 2 nitrogen and oxygen atoms in total. The molecule has 1 rings (SSSR count). The van der Waals surface area contributed by atoms with Crippen LogP contribution in [0.3, 0.4) is 0 Å². The van der Waals surface area contributed by atoms with Crippen LogP contribution in [0.2, 0.25) is 0 Å². The van der Waals surface area contributed by atoms with Gasteiger partial charge in [0.25, 0.3) is 0 Å². The van der Waals surface area contributed by atoms with Crippen LogP contribution in [-0.2, 0) is 9.53 Å². The van der Waals surface area contributed by atoms with Crippen LogP contribution < -0.4 is 0 Å². The van der Waals surface area contributed by atoms with Crippen molar-refractivity contribution < 1.29 is 22.7 Å². The Labute approximate surface area is 73.4 Å². The molecule has 0 aromatic rings. The van der Waals surface area contributed by atoms with E-state index in [2.05, 4.69) is 0 Å². The molecule has 0 fully saturated rings. The molecule has 0 aromatic heterocycles. The third kappa shape index (κ3) is 3.48. The summed E-state index contributed by atoms with van der Waals surface area (Å²) >= 11 is 0. The van der Waals surface area contributed by atoms with Gasteiger partial charge in [-0.15, -0.1) is 0 Å². The standard InChI is InChI=1S/C8H9F3O2/c9-8(10,11)4-7(12)6-2-1-3-13-5-6/h5H,1-4H2. The minimum absolute atomic E-state index is 0.142. The van der Waals surface area contributed by atoms with Crippen LogP contribution in [0.1, 0.15) is 19.3 Å². The molecule has 0 bridgehead atoms. The summed E-state index contributed by atoms with van der Waals surface area (Å²) in [5.74, 6) is -0.882. The van der Waals surface area contributed by atoms with E-state index < -0.39 is 18.4 Å². The average Bonchev–Trinajstić information content (AvgIpc) is 2.03. The van der Waals surface area contributed by atoms with Gasteiger partial charge in [0.2, 0.25) is 0 Å². The van der Waals surface area contributed by atoms with Gasteiger partial charge in [0.1, 0.15) is 6.42 Å². The van der Waals surface area contributed by atoms with Gasteiger partial charge in [-0.2, -0.15) is 13.2 Å². The maximum absolute atomic E-state index is 11.8. The normalized spacial score (nSPS) is 17.6. The fourth-order valence-electron chi connectivity index (χ4n) is 1.07. The van der Waals surface area contributed by atoms with Crippen LogP contribution in [0.15, 0.2) is 11.8 Å². The molecular formula is C8H9F3O2. The number of halogens is 3. The summed E-state index contributed by atoms with van der Waals surface area (Å²) < 4.78 is 40.1. The van der Waals surface area contributed by atoms with Crippen molar-refractivity contribution in [2.24, 2.45) is 0 Å². The Morgan fingerprint density at radius 1 is 1.54 bits per heavy atom. The number of carbonyl (C=O) groups is 1. The van der Waals surface area contributed by atoms with Crippen molar-refractivity contribution in [1.29, 1.82) is 0 Å². The first-order chi connectivity index (χ1) is 5.99. The zero-order chi connectivity index (χ0) is 9.90. The smallest absolute Gasteiger partial charge is 0.396 e. The van der Waals surface area contributed by atoms with Crippen molar-refractivity contribution >= 4 is 5.78 Å². The highest BCUT2D eigenvalue weighted by atomic mass is 19.4. The van der Waals surface area contributed by atoms with Crippen LogP contribution in [0, 0.1) is 0 Å². The lowest BCUT2D eigenvalue weighted by Gasteiger charge is -2.13. The number of hydrogen-bond donors (Lipinski definition) is 0. The second kappa shape index (κ2) is 3.81. The SMILES string of the molecule is O=C(CC(F)(F)F)C1=COCCC1. The van der Waals surface area contributed by atoms with Gasteiger partial charge in [0.05, 0.1) is 12.9 Å². The molecule has 0 aromatic carbocycles. The third-order valence-electron chi connectivity index (χ3n) is 1.65. The first-order valence-electron chi connectivity index (χ1n) is 3.89. The molecule has 5 heteroatoms. The van der Waals surface area contributed by atoms with Crippen LogP contribution in [0.25, 0.3) is 0 Å². The lowest BCUT2D eigenvalue weighted by atomic mass is 10.0. The topological polar surface area (TPSA) is 26.3 Å². The van der Waals surface area contributed by atoms with Gasteiger partial charge in [-0.05, 0) is 12.8 Å². The largest absolute Gasteiger partial charge is 0.501 e. The van der Waals surface area contributed by atoms with Crippen molar-refractivity contribution in [3.8, 4) is 0 Å². The minimum atomic E-state index is -4.42. The second-order valence-electron chi connectivity index (χ2n) is 2.83. The van der Waals surface area contributed by atoms with Gasteiger partial charge < -0.3 is 4.74 Å². The molecule has 13 heavy (non-hydrogen) atoms. The molecule has 0 atom stereocenters. The fourth-order valence-corrected chi connectivity index (χ4v) is 1.07. The number of ether oxygens (including phenoxy) is 1. The summed E-state index contributed by atoms with van der Waals surface area (Å²) in [6, 6.07) is 0. The molecule has 0 amide bonds. The number of hydrogen-bond acceptors (Lipinski definition) is 2. The molecule has 1 aliphatic heterocycles. The van der Waals surface area contributed by atoms with Gasteiger partial charge in [-0.1, -0.05) is 0 Å². The van der Waals surface area contributed by atoms with E-state index in [-0.39, 0.29) is 5.57 Å². The molecule has 0 radical (unpaired) electrons. The van der Waals surface area contributed by atoms with Gasteiger partial charge >= 0.3 is 6.18 Å². The lowest BCUT2D eigenvalue weighted by molar-refractivity contribution is -0.149. The number of Topliss-reactive ketones (excluding diaryl/α,β-unsaturated/α-hetero) is 1. The van der Waals surface area contributed by atoms with Gasteiger partial charge in [0, 0.05) is 5.57 Å². The highest BCUT2D eigenvalue weighted by molar-refractivity contribution is 5.95. The zero-order valence-electron chi connectivity index (χ0n) is 6.86. The van der Waals surface area contributed by atoms with E-state index in [1.807, 2.05) is 0 Å². The Morgan fingerprint density at radius 3 is 2.69 bits per heavy atom. The number of alkyl halides is 3. The average molecular weight is 194 g/mol. The van der Waals surface area contributed by atoms with E-state index in [1.54, 1.807) is 0 Å². The van der Waals surface area contributed by atoms with Gasteiger partial charge in [0.15, 0.2) is 5.78 Å². The van der Waals surface area contributed by atoms with Crippen LogP contribution in [-0.4, -0.2) is 18.6 Å². The van der Waals surface area contributed by atoms with Crippen LogP contribution >= 0.6 is 0 Å². The van der Waals surface area contributed by atoms with Crippen molar-refractivity contribution in [3.05, 3.63) is 11.8 Å². The third-order valence-corrected chi connectivity index (χ3v) is 1.65. The summed E-state index contributed by atoms with van der Waals surface area (Å²) in [7, 11) is 0. The van der Waals surface area contributed by atoms with E-state index in [1.165, 1.54) is 0 Å². The molecular weight excluding hydrogens is 185 g/mol. The number of carbonyl (C=O) groups excluding carboxylic acids is 1. The van der Waals surface area contributed by atoms with E-state index in [9.17, 15) is 18.0 Å². The Balaban J connectivity index is 2.52. The molecule has 1 aliphatic rings. The molecule has 0 saturated heterocycles. The molecule has 0 aliphatic carbocycles. The molecule has 0 saturated carbocycles. The Bertz CT molecular complexity index is 230. The summed E-state index contributed by atoms with van der Waals surface area (Å²) in [5.41, 5.74) is 0.142. The molecule has 74 valence electrons. The van der Waals surface area contributed by atoms with E-state index in [0.717, 1.165) is 6.26 Å². The molecule has 0 spiro atoms. The lowest BCUT2D eigenvalue weighted by Crippen LogP contribution is -2.18. The van der Waals surface area contributed by atoms with E-state index in [4.69, 9.17) is 4.74 Å². The summed E-state index contributed by atoms with van der Waals surface area (Å²) in [6.07, 6.45) is -3.68. The maximum atomic E-state index is 11.8. The van der Waals surface area contributed by atoms with Crippen LogP contribution in [0.5, 0.6) is 0 Å². The van der Waals surface area contributed by atoms with Gasteiger partial charge in [-0.3, -0.25) is 4.79 Å². The monoisotopic (exact) mass is 194 g/mol. The number of rotatable bonds is 2. The second-order valence-corrected chi connectivity index (χ2v) is 2.83.